The third kappa shape index (κ3) is 13.5. The van der Waals surface area contributed by atoms with Gasteiger partial charge in [0, 0.05) is 44.8 Å². The third-order valence-electron chi connectivity index (χ3n) is 13.1. The molecule has 3 N–H and O–H groups in total. The summed E-state index contributed by atoms with van der Waals surface area (Å²) in [5.41, 5.74) is 1.67. The van der Waals surface area contributed by atoms with E-state index in [1.807, 2.05) is 58.1 Å². The molecule has 1 aliphatic carbocycles. The number of methoxy groups -OCH3 is 1. The number of nitrogens with zero attached hydrogens (tertiary/aromatic N) is 1. The second-order valence-electron chi connectivity index (χ2n) is 17.8. The van der Waals surface area contributed by atoms with Crippen LogP contribution in [0.25, 0.3) is 0 Å². The molecule has 0 aromatic carbocycles. The van der Waals surface area contributed by atoms with Gasteiger partial charge in [-0.2, -0.15) is 0 Å². The van der Waals surface area contributed by atoms with E-state index in [-0.39, 0.29) is 66.5 Å². The third-order valence-corrected chi connectivity index (χ3v) is 13.1. The van der Waals surface area contributed by atoms with E-state index >= 15 is 0 Å². The van der Waals surface area contributed by atoms with Crippen molar-refractivity contribution in [3.8, 4) is 0 Å². The van der Waals surface area contributed by atoms with Gasteiger partial charge in [-0.15, -0.1) is 0 Å². The van der Waals surface area contributed by atoms with E-state index in [0.29, 0.717) is 50.1 Å². The average Bonchev–Trinajstić information content (AvgIpc) is 3.16. The summed E-state index contributed by atoms with van der Waals surface area (Å²) in [6.45, 7) is 12.2. The smallest absolute Gasteiger partial charge is 0.329 e. The molecule has 3 fully saturated rings. The minimum atomic E-state index is -1.68. The molecule has 4 aliphatic rings. The Balaban J connectivity index is 1.61. The molecule has 2 bridgehead atoms. The van der Waals surface area contributed by atoms with Crippen LogP contribution in [0.2, 0.25) is 0 Å². The monoisotopic (exact) mass is 784 g/mol. The first-order valence-electron chi connectivity index (χ1n) is 21.6. The number of cyclic esters (lactones) is 1. The van der Waals surface area contributed by atoms with Crippen molar-refractivity contribution >= 4 is 17.7 Å². The first-order valence-corrected chi connectivity index (χ1v) is 21.6. The SMILES string of the molecule is CO[C@H]1C[C@@H]2CC[C@@H](C)[C@](O)(CC(=O)N3CCCC[C@H]3C(=O)O[C@H]([C@H](C)CC3CCC(O)CC3)C/C=C(/C)[C@H](O)CC(=O)[C@H](C)C[C@H](C)/C=C/C=C/C=C/1C)O2. The molecule has 56 heavy (non-hydrogen) atoms. The van der Waals surface area contributed by atoms with Crippen molar-refractivity contribution in [3.05, 3.63) is 47.6 Å². The normalized spacial score (nSPS) is 40.5. The molecule has 3 heterocycles. The predicted molar refractivity (Wildman–Crippen MR) is 218 cm³/mol. The molecule has 1 amide bonds. The zero-order chi connectivity index (χ0) is 41.0. The number of aliphatic hydroxyl groups is 3. The number of amides is 1. The summed E-state index contributed by atoms with van der Waals surface area (Å²) in [4.78, 5) is 43.1. The average molecular weight is 784 g/mol. The van der Waals surface area contributed by atoms with Crippen LogP contribution < -0.4 is 0 Å². The molecule has 10 atom stereocenters. The molecule has 1 saturated carbocycles. The minimum absolute atomic E-state index is 0.00740. The number of allylic oxidation sites excluding steroid dienone is 5. The van der Waals surface area contributed by atoms with E-state index in [9.17, 15) is 29.7 Å². The summed E-state index contributed by atoms with van der Waals surface area (Å²) < 4.78 is 18.6. The highest BCUT2D eigenvalue weighted by molar-refractivity contribution is 5.85. The molecular formula is C46H73NO9. The topological polar surface area (TPSA) is 143 Å². The number of fused-ring (bicyclic) bond motifs is 3. The van der Waals surface area contributed by atoms with Gasteiger partial charge in [-0.05, 0) is 113 Å². The minimum Gasteiger partial charge on any atom is -0.460 e. The maximum absolute atomic E-state index is 14.2. The van der Waals surface area contributed by atoms with Crippen LogP contribution in [0.3, 0.4) is 0 Å². The van der Waals surface area contributed by atoms with Crippen molar-refractivity contribution in [2.24, 2.45) is 29.6 Å². The number of ether oxygens (including phenoxy) is 3. The highest BCUT2D eigenvalue weighted by Crippen LogP contribution is 2.38. The second-order valence-corrected chi connectivity index (χ2v) is 17.8. The highest BCUT2D eigenvalue weighted by atomic mass is 16.6. The Bertz CT molecular complexity index is 1410. The zero-order valence-electron chi connectivity index (χ0n) is 35.4. The fourth-order valence-corrected chi connectivity index (χ4v) is 9.08. The molecule has 0 aromatic rings. The van der Waals surface area contributed by atoms with Crippen LogP contribution in [0.4, 0.5) is 0 Å². The van der Waals surface area contributed by atoms with Gasteiger partial charge in [-0.25, -0.2) is 4.79 Å². The fraction of sp³-hybridized carbons (Fsp3) is 0.761. The van der Waals surface area contributed by atoms with Crippen molar-refractivity contribution in [1.29, 1.82) is 0 Å². The van der Waals surface area contributed by atoms with Gasteiger partial charge >= 0.3 is 5.97 Å². The summed E-state index contributed by atoms with van der Waals surface area (Å²) in [6.07, 6.45) is 18.6. The number of hydrogen-bond donors (Lipinski definition) is 3. The van der Waals surface area contributed by atoms with Gasteiger partial charge in [-0.1, -0.05) is 64.2 Å². The summed E-state index contributed by atoms with van der Waals surface area (Å²) in [5.74, 6) is -2.40. The van der Waals surface area contributed by atoms with E-state index in [0.717, 1.165) is 56.9 Å². The van der Waals surface area contributed by atoms with E-state index < -0.39 is 30.0 Å². The summed E-state index contributed by atoms with van der Waals surface area (Å²) in [7, 11) is 1.66. The van der Waals surface area contributed by atoms with E-state index in [2.05, 4.69) is 19.9 Å². The maximum atomic E-state index is 14.2. The van der Waals surface area contributed by atoms with Crippen molar-refractivity contribution < 1.29 is 43.9 Å². The first kappa shape index (κ1) is 46.1. The molecule has 0 radical (unpaired) electrons. The Morgan fingerprint density at radius 1 is 0.929 bits per heavy atom. The number of carbonyl (C=O) groups is 3. The fourth-order valence-electron chi connectivity index (χ4n) is 9.08. The number of rotatable bonds is 4. The van der Waals surface area contributed by atoms with Crippen LogP contribution in [0.5, 0.6) is 0 Å². The van der Waals surface area contributed by atoms with Crippen molar-refractivity contribution in [2.75, 3.05) is 13.7 Å². The van der Waals surface area contributed by atoms with E-state index in [1.165, 1.54) is 0 Å². The zero-order valence-corrected chi connectivity index (χ0v) is 35.4. The van der Waals surface area contributed by atoms with E-state index in [1.54, 1.807) is 12.0 Å². The van der Waals surface area contributed by atoms with Crippen molar-refractivity contribution in [2.45, 2.75) is 180 Å². The number of esters is 1. The number of ketones is 1. The largest absolute Gasteiger partial charge is 0.460 e. The van der Waals surface area contributed by atoms with Gasteiger partial charge in [0.1, 0.15) is 17.9 Å². The van der Waals surface area contributed by atoms with Gasteiger partial charge in [-0.3, -0.25) is 9.59 Å². The summed E-state index contributed by atoms with van der Waals surface area (Å²) >= 11 is 0. The van der Waals surface area contributed by atoms with E-state index in [4.69, 9.17) is 14.2 Å². The standard InChI is InChI=1S/C46H73NO9/c1-30-13-9-8-10-14-32(3)43(54-7)27-38-22-17-35(6)46(53,56-38)29-44(51)47-24-12-11-15-39(47)45(52)55-42(34(5)26-36-18-20-37(48)21-19-36)23-16-31(2)40(49)28-41(50)33(4)25-30/h8-10,13-14,16,30,33-40,42-43,48-49,53H,11-12,15,17-29H2,1-7H3/b10-8+,13-9+,31-16-,32-14+/t30-,33-,34-,35-,36?,37?,38+,39+,40-,42+,43+,46+/m1/s1. The Morgan fingerprint density at radius 2 is 1.66 bits per heavy atom. The van der Waals surface area contributed by atoms with Crippen LogP contribution in [0.1, 0.15) is 138 Å². The molecule has 10 heteroatoms. The lowest BCUT2D eigenvalue weighted by Gasteiger charge is -2.44. The Hall–Kier alpha value is -2.63. The van der Waals surface area contributed by atoms with Gasteiger partial charge in [0.15, 0.2) is 5.79 Å². The summed E-state index contributed by atoms with van der Waals surface area (Å²) in [6, 6.07) is -0.776. The van der Waals surface area contributed by atoms with Crippen molar-refractivity contribution in [1.82, 2.24) is 4.90 Å². The number of hydrogen-bond acceptors (Lipinski definition) is 9. The molecule has 10 nitrogen and oxygen atoms in total. The number of piperidine rings is 1. The van der Waals surface area contributed by atoms with Gasteiger partial charge in [0.05, 0.1) is 30.8 Å². The van der Waals surface area contributed by atoms with Crippen LogP contribution in [0, 0.1) is 29.6 Å². The molecule has 316 valence electrons. The molecule has 2 saturated heterocycles. The lowest BCUT2D eigenvalue weighted by molar-refractivity contribution is -0.284. The molecule has 0 unspecified atom stereocenters. The molecule has 4 rings (SSSR count). The molecular weight excluding hydrogens is 711 g/mol. The van der Waals surface area contributed by atoms with Crippen LogP contribution in [-0.2, 0) is 28.6 Å². The number of Topliss-reactive ketones (excluding diaryl/α,β-unsaturated/α-hetero) is 1. The highest BCUT2D eigenvalue weighted by Gasteiger charge is 2.46. The first-order chi connectivity index (χ1) is 26.6. The quantitative estimate of drug-likeness (QED) is 0.195. The lowest BCUT2D eigenvalue weighted by Crippen LogP contribution is -2.54. The number of aliphatic hydroxyl groups excluding tert-OH is 2. The van der Waals surface area contributed by atoms with Crippen LogP contribution >= 0.6 is 0 Å². The molecule has 0 aromatic heterocycles. The summed E-state index contributed by atoms with van der Waals surface area (Å²) in [5, 5.41) is 33.1. The lowest BCUT2D eigenvalue weighted by atomic mass is 9.80. The second kappa shape index (κ2) is 21.9. The Morgan fingerprint density at radius 3 is 2.38 bits per heavy atom. The van der Waals surface area contributed by atoms with Gasteiger partial charge < -0.3 is 34.4 Å². The van der Waals surface area contributed by atoms with Crippen LogP contribution in [-0.4, -0.2) is 93.9 Å². The number of carbonyl (C=O) groups excluding carboxylic acids is 3. The van der Waals surface area contributed by atoms with Gasteiger partial charge in [0.2, 0.25) is 5.91 Å². The Labute approximate surface area is 336 Å². The van der Waals surface area contributed by atoms with Gasteiger partial charge in [0.25, 0.3) is 0 Å². The Kier molecular flexibility index (Phi) is 18.0. The predicted octanol–water partition coefficient (Wildman–Crippen LogP) is 7.55. The van der Waals surface area contributed by atoms with Crippen LogP contribution in [0.15, 0.2) is 47.6 Å². The molecule has 0 spiro atoms. The van der Waals surface area contributed by atoms with Crippen molar-refractivity contribution in [3.63, 3.8) is 0 Å². The molecule has 3 aliphatic heterocycles. The maximum Gasteiger partial charge on any atom is 0.329 e.